The molecule has 2 nitrogen and oxygen atoms in total. The first-order chi connectivity index (χ1) is 5.65. The Labute approximate surface area is 76.2 Å². The lowest BCUT2D eigenvalue weighted by Crippen LogP contribution is -2.32. The van der Waals surface area contributed by atoms with E-state index in [4.69, 9.17) is 0 Å². The van der Waals surface area contributed by atoms with E-state index in [1.54, 1.807) is 6.26 Å². The summed E-state index contributed by atoms with van der Waals surface area (Å²) >= 11 is 0. The van der Waals surface area contributed by atoms with E-state index < -0.39 is 10.8 Å². The number of carbonyl (C=O) groups is 1. The van der Waals surface area contributed by atoms with Crippen LogP contribution in [0.5, 0.6) is 0 Å². The van der Waals surface area contributed by atoms with Crippen molar-refractivity contribution in [3.8, 4) is 0 Å². The first-order valence-corrected chi connectivity index (χ1v) is 6.11. The van der Waals surface area contributed by atoms with Gasteiger partial charge in [-0.15, -0.1) is 0 Å². The molecule has 0 amide bonds. The fourth-order valence-electron chi connectivity index (χ4n) is 1.88. The minimum atomic E-state index is -0.823. The van der Waals surface area contributed by atoms with E-state index in [0.29, 0.717) is 24.5 Å². The van der Waals surface area contributed by atoms with E-state index in [-0.39, 0.29) is 5.25 Å². The van der Waals surface area contributed by atoms with Crippen LogP contribution in [0.3, 0.4) is 0 Å². The normalized spacial score (nSPS) is 33.3. The fraction of sp³-hybridized carbons (Fsp3) is 0.889. The van der Waals surface area contributed by atoms with E-state index >= 15 is 0 Å². The number of ketones is 1. The molecule has 1 saturated carbocycles. The van der Waals surface area contributed by atoms with Crippen molar-refractivity contribution >= 4 is 16.6 Å². The Morgan fingerprint density at radius 3 is 2.75 bits per heavy atom. The molecule has 3 unspecified atom stereocenters. The minimum Gasteiger partial charge on any atom is -0.300 e. The van der Waals surface area contributed by atoms with Crippen LogP contribution in [0.25, 0.3) is 0 Å². The van der Waals surface area contributed by atoms with Crippen molar-refractivity contribution in [2.24, 2.45) is 5.92 Å². The quantitative estimate of drug-likeness (QED) is 0.658. The highest BCUT2D eigenvalue weighted by Crippen LogP contribution is 2.27. The Balaban J connectivity index is 2.64. The molecular formula is C9H16O2S. The summed E-state index contributed by atoms with van der Waals surface area (Å²) in [4.78, 5) is 11.1. The lowest BCUT2D eigenvalue weighted by molar-refractivity contribution is -0.120. The van der Waals surface area contributed by atoms with Crippen molar-refractivity contribution in [3.05, 3.63) is 0 Å². The maximum absolute atomic E-state index is 11.3. The summed E-state index contributed by atoms with van der Waals surface area (Å²) < 4.78 is 11.3. The number of hydrogen-bond donors (Lipinski definition) is 0. The van der Waals surface area contributed by atoms with Gasteiger partial charge in [-0.05, 0) is 12.3 Å². The summed E-state index contributed by atoms with van der Waals surface area (Å²) in [6, 6.07) is 0. The van der Waals surface area contributed by atoms with Gasteiger partial charge < -0.3 is 0 Å². The Kier molecular flexibility index (Phi) is 3.44. The third-order valence-electron chi connectivity index (χ3n) is 2.70. The Morgan fingerprint density at radius 2 is 2.25 bits per heavy atom. The summed E-state index contributed by atoms with van der Waals surface area (Å²) in [5.74, 6) is 0.799. The molecule has 0 aliphatic heterocycles. The SMILES string of the molecule is CCC1CCC(=O)CC1S(C)=O. The van der Waals surface area contributed by atoms with Gasteiger partial charge in [-0.25, -0.2) is 0 Å². The summed E-state index contributed by atoms with van der Waals surface area (Å²) in [6.45, 7) is 2.11. The molecule has 70 valence electrons. The number of carbonyl (C=O) groups excluding carboxylic acids is 1. The molecule has 0 spiro atoms. The van der Waals surface area contributed by atoms with Gasteiger partial charge >= 0.3 is 0 Å². The highest BCUT2D eigenvalue weighted by atomic mass is 32.2. The first kappa shape index (κ1) is 9.90. The Morgan fingerprint density at radius 1 is 1.58 bits per heavy atom. The zero-order chi connectivity index (χ0) is 9.14. The summed E-state index contributed by atoms with van der Waals surface area (Å²) in [6.07, 6.45) is 4.96. The van der Waals surface area contributed by atoms with Crippen molar-refractivity contribution in [1.82, 2.24) is 0 Å². The van der Waals surface area contributed by atoms with Crippen molar-refractivity contribution in [3.63, 3.8) is 0 Å². The molecule has 3 heteroatoms. The van der Waals surface area contributed by atoms with Crippen molar-refractivity contribution in [2.75, 3.05) is 6.26 Å². The van der Waals surface area contributed by atoms with Gasteiger partial charge in [0.15, 0.2) is 0 Å². The molecule has 1 aliphatic carbocycles. The Bertz CT molecular complexity index is 201. The molecule has 12 heavy (non-hydrogen) atoms. The lowest BCUT2D eigenvalue weighted by Gasteiger charge is -2.27. The first-order valence-electron chi connectivity index (χ1n) is 4.49. The third kappa shape index (κ3) is 2.16. The van der Waals surface area contributed by atoms with Gasteiger partial charge in [-0.3, -0.25) is 9.00 Å². The minimum absolute atomic E-state index is 0.135. The van der Waals surface area contributed by atoms with Gasteiger partial charge in [0.05, 0.1) is 0 Å². The van der Waals surface area contributed by atoms with Crippen LogP contribution < -0.4 is 0 Å². The second-order valence-corrected chi connectivity index (χ2v) is 5.09. The molecule has 1 rings (SSSR count). The van der Waals surface area contributed by atoms with Crippen LogP contribution in [0.2, 0.25) is 0 Å². The molecule has 0 heterocycles. The predicted octanol–water partition coefficient (Wildman–Crippen LogP) is 1.51. The molecule has 0 saturated heterocycles. The van der Waals surface area contributed by atoms with Gasteiger partial charge in [0.1, 0.15) is 5.78 Å². The summed E-state index contributed by atoms with van der Waals surface area (Å²) in [5.41, 5.74) is 0. The van der Waals surface area contributed by atoms with Crippen LogP contribution >= 0.6 is 0 Å². The predicted molar refractivity (Wildman–Crippen MR) is 50.5 cm³/mol. The van der Waals surface area contributed by atoms with E-state index in [9.17, 15) is 9.00 Å². The monoisotopic (exact) mass is 188 g/mol. The molecule has 0 N–H and O–H groups in total. The smallest absolute Gasteiger partial charge is 0.134 e. The topological polar surface area (TPSA) is 34.1 Å². The van der Waals surface area contributed by atoms with Gasteiger partial charge in [0, 0.05) is 35.1 Å². The van der Waals surface area contributed by atoms with Gasteiger partial charge in [-0.1, -0.05) is 13.3 Å². The second-order valence-electron chi connectivity index (χ2n) is 3.49. The number of Topliss-reactive ketones (excluding diaryl/α,β-unsaturated/α-hetero) is 1. The summed E-state index contributed by atoms with van der Waals surface area (Å²) in [5, 5.41) is 0.135. The largest absolute Gasteiger partial charge is 0.300 e. The zero-order valence-corrected chi connectivity index (χ0v) is 8.52. The molecule has 0 radical (unpaired) electrons. The van der Waals surface area contributed by atoms with Crippen LogP contribution in [-0.2, 0) is 15.6 Å². The average Bonchev–Trinajstić information content (AvgIpc) is 2.04. The van der Waals surface area contributed by atoms with Crippen LogP contribution in [0.1, 0.15) is 32.6 Å². The molecule has 1 aliphatic rings. The average molecular weight is 188 g/mol. The highest BCUT2D eigenvalue weighted by Gasteiger charge is 2.30. The number of rotatable bonds is 2. The van der Waals surface area contributed by atoms with E-state index in [0.717, 1.165) is 12.8 Å². The van der Waals surface area contributed by atoms with Crippen molar-refractivity contribution in [2.45, 2.75) is 37.9 Å². The molecule has 1 fully saturated rings. The van der Waals surface area contributed by atoms with Crippen LogP contribution in [0.4, 0.5) is 0 Å². The maximum atomic E-state index is 11.3. The van der Waals surface area contributed by atoms with E-state index in [1.165, 1.54) is 0 Å². The number of hydrogen-bond acceptors (Lipinski definition) is 2. The second kappa shape index (κ2) is 4.17. The van der Waals surface area contributed by atoms with E-state index in [2.05, 4.69) is 6.92 Å². The maximum Gasteiger partial charge on any atom is 0.134 e. The molecule has 0 aromatic carbocycles. The molecule has 3 atom stereocenters. The van der Waals surface area contributed by atoms with Crippen LogP contribution in [0.15, 0.2) is 0 Å². The Hall–Kier alpha value is -0.180. The fourth-order valence-corrected chi connectivity index (χ4v) is 3.17. The summed E-state index contributed by atoms with van der Waals surface area (Å²) in [7, 11) is -0.823. The standard InChI is InChI=1S/C9H16O2S/c1-3-7-4-5-8(10)6-9(7)12(2)11/h7,9H,3-6H2,1-2H3. The van der Waals surface area contributed by atoms with E-state index in [1.807, 2.05) is 0 Å². The van der Waals surface area contributed by atoms with Gasteiger partial charge in [0.25, 0.3) is 0 Å². The molecule has 0 bridgehead atoms. The third-order valence-corrected chi connectivity index (χ3v) is 4.10. The van der Waals surface area contributed by atoms with Crippen molar-refractivity contribution in [1.29, 1.82) is 0 Å². The highest BCUT2D eigenvalue weighted by molar-refractivity contribution is 7.84. The van der Waals surface area contributed by atoms with Crippen molar-refractivity contribution < 1.29 is 9.00 Å². The van der Waals surface area contributed by atoms with Gasteiger partial charge in [0.2, 0.25) is 0 Å². The van der Waals surface area contributed by atoms with Crippen LogP contribution in [0, 0.1) is 5.92 Å². The zero-order valence-electron chi connectivity index (χ0n) is 7.71. The van der Waals surface area contributed by atoms with Gasteiger partial charge in [-0.2, -0.15) is 0 Å². The molecule has 0 aromatic rings. The van der Waals surface area contributed by atoms with Crippen LogP contribution in [-0.4, -0.2) is 21.5 Å². The lowest BCUT2D eigenvalue weighted by atomic mass is 9.86. The molecule has 0 aromatic heterocycles. The molecular weight excluding hydrogens is 172 g/mol.